The summed E-state index contributed by atoms with van der Waals surface area (Å²) >= 11 is 1.64. The van der Waals surface area contributed by atoms with Crippen LogP contribution in [0.25, 0.3) is 11.0 Å². The summed E-state index contributed by atoms with van der Waals surface area (Å²) in [7, 11) is 1.64. The predicted octanol–water partition coefficient (Wildman–Crippen LogP) is 3.00. The van der Waals surface area contributed by atoms with Crippen molar-refractivity contribution >= 4 is 28.3 Å². The third kappa shape index (κ3) is 2.02. The molecule has 1 aromatic carbocycles. The Labute approximate surface area is 121 Å². The summed E-state index contributed by atoms with van der Waals surface area (Å²) in [5.74, 6) is 1.27. The van der Waals surface area contributed by atoms with E-state index in [2.05, 4.69) is 16.9 Å². The number of nitrogens with zero attached hydrogens (tertiary/aromatic N) is 3. The van der Waals surface area contributed by atoms with Crippen molar-refractivity contribution in [3.05, 3.63) is 34.3 Å². The zero-order valence-electron chi connectivity index (χ0n) is 11.6. The van der Waals surface area contributed by atoms with Gasteiger partial charge in [0.15, 0.2) is 0 Å². The molecule has 20 heavy (non-hydrogen) atoms. The minimum atomic E-state index is 0.0621. The Bertz CT molecular complexity index is 762. The second kappa shape index (κ2) is 4.79. The van der Waals surface area contributed by atoms with Gasteiger partial charge in [-0.3, -0.25) is 0 Å². The molecule has 0 bridgehead atoms. The van der Waals surface area contributed by atoms with Crippen LogP contribution in [-0.2, 0) is 0 Å². The van der Waals surface area contributed by atoms with E-state index in [0.717, 1.165) is 27.5 Å². The molecule has 0 radical (unpaired) electrons. The second-order valence-electron chi connectivity index (χ2n) is 4.70. The molecule has 0 aliphatic rings. The van der Waals surface area contributed by atoms with E-state index in [1.54, 1.807) is 18.4 Å². The number of nitrogen functional groups attached to an aromatic ring is 1. The molecule has 0 saturated carbocycles. The van der Waals surface area contributed by atoms with Crippen LogP contribution in [0.1, 0.15) is 23.7 Å². The first-order chi connectivity index (χ1) is 9.60. The summed E-state index contributed by atoms with van der Waals surface area (Å²) in [6, 6.07) is 5.85. The fourth-order valence-electron chi connectivity index (χ4n) is 2.31. The van der Waals surface area contributed by atoms with Crippen LogP contribution in [0.4, 0.5) is 5.95 Å². The van der Waals surface area contributed by atoms with E-state index in [-0.39, 0.29) is 6.04 Å². The van der Waals surface area contributed by atoms with Crippen molar-refractivity contribution in [1.82, 2.24) is 14.5 Å². The summed E-state index contributed by atoms with van der Waals surface area (Å²) in [6.45, 7) is 4.08. The van der Waals surface area contributed by atoms with Crippen LogP contribution < -0.4 is 10.5 Å². The lowest BCUT2D eigenvalue weighted by Gasteiger charge is -2.13. The molecule has 3 rings (SSSR count). The van der Waals surface area contributed by atoms with Crippen molar-refractivity contribution in [3.8, 4) is 5.75 Å². The van der Waals surface area contributed by atoms with Gasteiger partial charge < -0.3 is 15.0 Å². The fraction of sp³-hybridized carbons (Fsp3) is 0.286. The van der Waals surface area contributed by atoms with E-state index < -0.39 is 0 Å². The zero-order chi connectivity index (χ0) is 14.3. The number of hydrogen-bond donors (Lipinski definition) is 1. The molecule has 0 saturated heterocycles. The monoisotopic (exact) mass is 288 g/mol. The van der Waals surface area contributed by atoms with E-state index in [1.807, 2.05) is 35.1 Å². The Balaban J connectivity index is 2.13. The number of ether oxygens (including phenoxy) is 1. The highest BCUT2D eigenvalue weighted by atomic mass is 32.1. The molecule has 0 aliphatic carbocycles. The molecular weight excluding hydrogens is 272 g/mol. The van der Waals surface area contributed by atoms with Gasteiger partial charge in [-0.2, -0.15) is 0 Å². The van der Waals surface area contributed by atoms with Gasteiger partial charge in [0.2, 0.25) is 5.95 Å². The summed E-state index contributed by atoms with van der Waals surface area (Å²) < 4.78 is 7.23. The van der Waals surface area contributed by atoms with Crippen molar-refractivity contribution in [2.24, 2.45) is 0 Å². The van der Waals surface area contributed by atoms with E-state index in [9.17, 15) is 0 Å². The van der Waals surface area contributed by atoms with Gasteiger partial charge in [-0.1, -0.05) is 0 Å². The molecule has 1 unspecified atom stereocenters. The first kappa shape index (κ1) is 12.9. The number of anilines is 1. The molecule has 1 atom stereocenters. The maximum atomic E-state index is 6.08. The number of benzene rings is 1. The Morgan fingerprint density at radius 1 is 1.35 bits per heavy atom. The Kier molecular flexibility index (Phi) is 3.10. The van der Waals surface area contributed by atoms with Crippen LogP contribution in [0.5, 0.6) is 5.75 Å². The smallest absolute Gasteiger partial charge is 0.201 e. The Morgan fingerprint density at radius 3 is 2.80 bits per heavy atom. The number of imidazole rings is 1. The van der Waals surface area contributed by atoms with Crippen LogP contribution in [0.3, 0.4) is 0 Å². The molecule has 6 heteroatoms. The number of aryl methyl sites for hydroxylation is 1. The highest BCUT2D eigenvalue weighted by Gasteiger charge is 2.18. The second-order valence-corrected chi connectivity index (χ2v) is 5.59. The van der Waals surface area contributed by atoms with E-state index >= 15 is 0 Å². The molecular formula is C14H16N4OS. The third-order valence-electron chi connectivity index (χ3n) is 3.31. The molecule has 2 aromatic heterocycles. The number of methoxy groups -OCH3 is 1. The van der Waals surface area contributed by atoms with E-state index in [1.165, 1.54) is 0 Å². The Hall–Kier alpha value is -2.08. The average Bonchev–Trinajstić information content (AvgIpc) is 3.00. The lowest BCUT2D eigenvalue weighted by molar-refractivity contribution is 0.415. The van der Waals surface area contributed by atoms with Crippen LogP contribution in [-0.4, -0.2) is 21.6 Å². The van der Waals surface area contributed by atoms with Crippen molar-refractivity contribution in [1.29, 1.82) is 0 Å². The number of hydrogen-bond acceptors (Lipinski definition) is 5. The number of rotatable bonds is 3. The topological polar surface area (TPSA) is 66.0 Å². The van der Waals surface area contributed by atoms with Crippen LogP contribution in [0, 0.1) is 6.92 Å². The van der Waals surface area contributed by atoms with Gasteiger partial charge in [0.1, 0.15) is 10.8 Å². The average molecular weight is 288 g/mol. The van der Waals surface area contributed by atoms with Crippen LogP contribution >= 0.6 is 11.3 Å². The maximum absolute atomic E-state index is 6.08. The molecule has 3 aromatic rings. The largest absolute Gasteiger partial charge is 0.497 e. The highest BCUT2D eigenvalue weighted by molar-refractivity contribution is 7.09. The first-order valence-electron chi connectivity index (χ1n) is 6.33. The lowest BCUT2D eigenvalue weighted by atomic mass is 10.2. The molecule has 104 valence electrons. The van der Waals surface area contributed by atoms with Gasteiger partial charge in [0, 0.05) is 17.1 Å². The minimum Gasteiger partial charge on any atom is -0.497 e. The molecule has 2 N–H and O–H groups in total. The molecule has 0 spiro atoms. The summed E-state index contributed by atoms with van der Waals surface area (Å²) in [6.07, 6.45) is 0. The number of fused-ring (bicyclic) bond motifs is 1. The first-order valence-corrected chi connectivity index (χ1v) is 7.21. The minimum absolute atomic E-state index is 0.0621. The number of thiazole rings is 1. The standard InChI is InChI=1S/C14H16N4OS/c1-8-7-20-13(16-8)9(2)18-12-5-4-10(19-3)6-11(12)17-14(18)15/h4-7,9H,1-3H3,(H2,15,17). The van der Waals surface area contributed by atoms with Crippen molar-refractivity contribution < 1.29 is 4.74 Å². The van der Waals surface area contributed by atoms with Gasteiger partial charge >= 0.3 is 0 Å². The van der Waals surface area contributed by atoms with Gasteiger partial charge in [0.25, 0.3) is 0 Å². The fourth-order valence-corrected chi connectivity index (χ4v) is 3.15. The van der Waals surface area contributed by atoms with Crippen molar-refractivity contribution in [2.45, 2.75) is 19.9 Å². The predicted molar refractivity (Wildman–Crippen MR) is 81.4 cm³/mol. The number of nitrogens with two attached hydrogens (primary N) is 1. The molecule has 2 heterocycles. The van der Waals surface area contributed by atoms with Crippen molar-refractivity contribution in [2.75, 3.05) is 12.8 Å². The molecule has 0 fully saturated rings. The number of aromatic nitrogens is 3. The lowest BCUT2D eigenvalue weighted by Crippen LogP contribution is -2.10. The summed E-state index contributed by atoms with van der Waals surface area (Å²) in [4.78, 5) is 8.95. The normalized spacial score (nSPS) is 12.8. The van der Waals surface area contributed by atoms with Crippen LogP contribution in [0.15, 0.2) is 23.6 Å². The molecule has 5 nitrogen and oxygen atoms in total. The molecule has 0 amide bonds. The zero-order valence-corrected chi connectivity index (χ0v) is 12.4. The van der Waals surface area contributed by atoms with Gasteiger partial charge in [0.05, 0.1) is 24.2 Å². The summed E-state index contributed by atoms with van der Waals surface area (Å²) in [5.41, 5.74) is 8.93. The van der Waals surface area contributed by atoms with Crippen LogP contribution in [0.2, 0.25) is 0 Å². The Morgan fingerprint density at radius 2 is 2.15 bits per heavy atom. The van der Waals surface area contributed by atoms with Gasteiger partial charge in [-0.25, -0.2) is 9.97 Å². The van der Waals surface area contributed by atoms with Gasteiger partial charge in [-0.05, 0) is 26.0 Å². The van der Waals surface area contributed by atoms with E-state index in [0.29, 0.717) is 5.95 Å². The quantitative estimate of drug-likeness (QED) is 0.804. The van der Waals surface area contributed by atoms with Gasteiger partial charge in [-0.15, -0.1) is 11.3 Å². The maximum Gasteiger partial charge on any atom is 0.201 e. The SMILES string of the molecule is COc1ccc2c(c1)nc(N)n2C(C)c1nc(C)cs1. The highest BCUT2D eigenvalue weighted by Crippen LogP contribution is 2.30. The third-order valence-corrected chi connectivity index (χ3v) is 4.44. The molecule has 0 aliphatic heterocycles. The van der Waals surface area contributed by atoms with Crippen molar-refractivity contribution in [3.63, 3.8) is 0 Å². The van der Waals surface area contributed by atoms with E-state index in [4.69, 9.17) is 10.5 Å². The summed E-state index contributed by atoms with van der Waals surface area (Å²) in [5, 5.41) is 3.08.